The minimum Gasteiger partial charge on any atom is -0.481 e. The van der Waals surface area contributed by atoms with Gasteiger partial charge in [0.2, 0.25) is 23.6 Å². The van der Waals surface area contributed by atoms with Gasteiger partial charge in [-0.3, -0.25) is 24.0 Å². The maximum absolute atomic E-state index is 12.5. The minimum atomic E-state index is -1.50. The van der Waals surface area contributed by atoms with Gasteiger partial charge in [0.25, 0.3) is 0 Å². The van der Waals surface area contributed by atoms with Gasteiger partial charge in [0, 0.05) is 12.8 Å². The highest BCUT2D eigenvalue weighted by molar-refractivity contribution is 5.94. The van der Waals surface area contributed by atoms with E-state index in [2.05, 4.69) is 16.0 Å². The molecule has 0 aliphatic rings. The van der Waals surface area contributed by atoms with Crippen molar-refractivity contribution in [3.05, 3.63) is 0 Å². The van der Waals surface area contributed by atoms with E-state index in [0.29, 0.717) is 0 Å². The number of primary amides is 1. The number of amides is 4. The molecule has 5 unspecified atom stereocenters. The number of nitrogens with one attached hydrogen (secondary N) is 3. The molecule has 0 aliphatic heterocycles. The normalized spacial score (nSPS) is 15.5. The van der Waals surface area contributed by atoms with Crippen LogP contribution in [0.2, 0.25) is 0 Å². The van der Waals surface area contributed by atoms with Crippen molar-refractivity contribution < 1.29 is 44.1 Å². The summed E-state index contributed by atoms with van der Waals surface area (Å²) in [6.07, 6.45) is -2.71. The molecule has 0 aromatic heterocycles. The molecule has 0 spiro atoms. The van der Waals surface area contributed by atoms with Crippen LogP contribution in [0.4, 0.5) is 0 Å². The van der Waals surface area contributed by atoms with Gasteiger partial charge in [0.1, 0.15) is 24.2 Å². The molecule has 0 heterocycles. The van der Waals surface area contributed by atoms with E-state index in [0.717, 1.165) is 0 Å². The van der Waals surface area contributed by atoms with Crippen LogP contribution in [0.3, 0.4) is 0 Å². The monoisotopic (exact) mass is 447 g/mol. The second-order valence-corrected chi connectivity index (χ2v) is 6.89. The third-order valence-electron chi connectivity index (χ3n) is 4.15. The van der Waals surface area contributed by atoms with E-state index >= 15 is 0 Å². The number of carbonyl (C=O) groups is 6. The average Bonchev–Trinajstić information content (AvgIpc) is 2.66. The number of aliphatic hydroxyl groups is 1. The van der Waals surface area contributed by atoms with E-state index in [1.165, 1.54) is 13.8 Å². The van der Waals surface area contributed by atoms with E-state index in [-0.39, 0.29) is 19.3 Å². The molecular weight excluding hydrogens is 418 g/mol. The Kier molecular flexibility index (Phi) is 11.7. The van der Waals surface area contributed by atoms with Crippen molar-refractivity contribution in [3.63, 3.8) is 0 Å². The van der Waals surface area contributed by atoms with Crippen molar-refractivity contribution in [2.45, 2.75) is 69.8 Å². The molecule has 0 bridgehead atoms. The van der Waals surface area contributed by atoms with Gasteiger partial charge in [-0.1, -0.05) is 0 Å². The second kappa shape index (κ2) is 13.1. The molecule has 0 rings (SSSR count). The predicted molar refractivity (Wildman–Crippen MR) is 104 cm³/mol. The molecule has 176 valence electrons. The summed E-state index contributed by atoms with van der Waals surface area (Å²) < 4.78 is 0. The lowest BCUT2D eigenvalue weighted by Gasteiger charge is -2.23. The van der Waals surface area contributed by atoms with Gasteiger partial charge < -0.3 is 42.7 Å². The Balaban J connectivity index is 5.22. The molecule has 4 amide bonds. The SMILES string of the molecule is CC(NC(=O)C(N)C(C)O)C(=O)NC(CCC(=O)O)C(=O)NC(CCC(N)=O)C(=O)O. The van der Waals surface area contributed by atoms with E-state index in [4.69, 9.17) is 16.6 Å². The molecular formula is C17H29N5O9. The highest BCUT2D eigenvalue weighted by Crippen LogP contribution is 2.03. The Morgan fingerprint density at radius 1 is 0.806 bits per heavy atom. The van der Waals surface area contributed by atoms with Gasteiger partial charge in [0.05, 0.1) is 6.10 Å². The van der Waals surface area contributed by atoms with E-state index in [1.807, 2.05) is 0 Å². The number of rotatable bonds is 14. The third-order valence-corrected chi connectivity index (χ3v) is 4.15. The lowest BCUT2D eigenvalue weighted by Crippen LogP contribution is -2.57. The van der Waals surface area contributed by atoms with Crippen molar-refractivity contribution in [1.29, 1.82) is 0 Å². The Bertz CT molecular complexity index is 697. The number of hydrogen-bond donors (Lipinski definition) is 8. The summed E-state index contributed by atoms with van der Waals surface area (Å²) in [4.78, 5) is 69.6. The lowest BCUT2D eigenvalue weighted by molar-refractivity contribution is -0.143. The highest BCUT2D eigenvalue weighted by Gasteiger charge is 2.29. The number of carbonyl (C=O) groups excluding carboxylic acids is 4. The molecule has 0 saturated carbocycles. The van der Waals surface area contributed by atoms with Crippen LogP contribution in [0.25, 0.3) is 0 Å². The van der Waals surface area contributed by atoms with E-state index in [1.54, 1.807) is 0 Å². The van der Waals surface area contributed by atoms with Gasteiger partial charge in [-0.2, -0.15) is 0 Å². The van der Waals surface area contributed by atoms with E-state index < -0.39 is 72.3 Å². The first-order chi connectivity index (χ1) is 14.3. The number of aliphatic hydroxyl groups excluding tert-OH is 1. The van der Waals surface area contributed by atoms with Crippen LogP contribution in [0, 0.1) is 0 Å². The smallest absolute Gasteiger partial charge is 0.326 e. The summed E-state index contributed by atoms with van der Waals surface area (Å²) in [6.45, 7) is 2.54. The van der Waals surface area contributed by atoms with E-state index in [9.17, 15) is 39.0 Å². The summed E-state index contributed by atoms with van der Waals surface area (Å²) >= 11 is 0. The minimum absolute atomic E-state index is 0.306. The van der Waals surface area contributed by atoms with Crippen LogP contribution in [-0.4, -0.2) is 81.2 Å². The summed E-state index contributed by atoms with van der Waals surface area (Å²) in [5.41, 5.74) is 10.4. The molecule has 0 aliphatic carbocycles. The topological polar surface area (TPSA) is 251 Å². The molecule has 14 nitrogen and oxygen atoms in total. The standard InChI is InChI=1S/C17H29N5O9/c1-7(20-16(29)13(19)8(2)23)14(27)21-9(4-6-12(25)26)15(28)22-10(17(30)31)3-5-11(18)24/h7-10,13,23H,3-6,19H2,1-2H3,(H2,18,24)(H,20,29)(H,21,27)(H,22,28)(H,25,26)(H,30,31). The Labute approximate surface area is 177 Å². The number of aliphatic carboxylic acids is 2. The summed E-state index contributed by atoms with van der Waals surface area (Å²) in [7, 11) is 0. The third kappa shape index (κ3) is 10.9. The van der Waals surface area contributed by atoms with Crippen molar-refractivity contribution >= 4 is 35.6 Å². The summed E-state index contributed by atoms with van der Waals surface area (Å²) in [5.74, 6) is -6.20. The quantitative estimate of drug-likeness (QED) is 0.130. The molecule has 10 N–H and O–H groups in total. The van der Waals surface area contributed by atoms with Crippen LogP contribution in [-0.2, 0) is 28.8 Å². The maximum Gasteiger partial charge on any atom is 0.326 e. The van der Waals surface area contributed by atoms with Crippen molar-refractivity contribution in [2.75, 3.05) is 0 Å². The molecule has 0 aromatic carbocycles. The molecule has 0 aromatic rings. The zero-order valence-corrected chi connectivity index (χ0v) is 17.2. The number of carboxylic acid groups (broad SMARTS) is 2. The van der Waals surface area contributed by atoms with Crippen LogP contribution < -0.4 is 27.4 Å². The Morgan fingerprint density at radius 3 is 1.77 bits per heavy atom. The highest BCUT2D eigenvalue weighted by atomic mass is 16.4. The van der Waals surface area contributed by atoms with Crippen molar-refractivity contribution in [3.8, 4) is 0 Å². The first kappa shape index (κ1) is 27.7. The van der Waals surface area contributed by atoms with Crippen LogP contribution in [0.15, 0.2) is 0 Å². The first-order valence-corrected chi connectivity index (χ1v) is 9.33. The fraction of sp³-hybridized carbons (Fsp3) is 0.647. The number of nitrogens with two attached hydrogens (primary N) is 2. The zero-order chi connectivity index (χ0) is 24.3. The number of carboxylic acids is 2. The molecule has 14 heteroatoms. The summed E-state index contributed by atoms with van der Waals surface area (Å²) in [5, 5.41) is 33.9. The van der Waals surface area contributed by atoms with Gasteiger partial charge in [-0.15, -0.1) is 0 Å². The predicted octanol–water partition coefficient (Wildman–Crippen LogP) is -3.62. The van der Waals surface area contributed by atoms with Crippen molar-refractivity contribution in [2.24, 2.45) is 11.5 Å². The van der Waals surface area contributed by atoms with Crippen LogP contribution in [0.5, 0.6) is 0 Å². The number of hydrogen-bond acceptors (Lipinski definition) is 8. The summed E-state index contributed by atoms with van der Waals surface area (Å²) in [6, 6.07) is -5.44. The molecule has 0 radical (unpaired) electrons. The maximum atomic E-state index is 12.5. The first-order valence-electron chi connectivity index (χ1n) is 9.33. The Morgan fingerprint density at radius 2 is 1.32 bits per heavy atom. The van der Waals surface area contributed by atoms with Gasteiger partial charge in [-0.05, 0) is 26.7 Å². The average molecular weight is 447 g/mol. The van der Waals surface area contributed by atoms with Crippen LogP contribution >= 0.6 is 0 Å². The van der Waals surface area contributed by atoms with Crippen LogP contribution in [0.1, 0.15) is 39.5 Å². The van der Waals surface area contributed by atoms with Crippen molar-refractivity contribution in [1.82, 2.24) is 16.0 Å². The Hall–Kier alpha value is -3.26. The second-order valence-electron chi connectivity index (χ2n) is 6.89. The molecule has 0 saturated heterocycles. The fourth-order valence-electron chi connectivity index (χ4n) is 2.24. The fourth-order valence-corrected chi connectivity index (χ4v) is 2.24. The molecule has 5 atom stereocenters. The van der Waals surface area contributed by atoms with Gasteiger partial charge in [0.15, 0.2) is 0 Å². The molecule has 0 fully saturated rings. The zero-order valence-electron chi connectivity index (χ0n) is 17.2. The van der Waals surface area contributed by atoms with Gasteiger partial charge in [-0.25, -0.2) is 4.79 Å². The van der Waals surface area contributed by atoms with Gasteiger partial charge >= 0.3 is 11.9 Å². The largest absolute Gasteiger partial charge is 0.481 e. The lowest BCUT2D eigenvalue weighted by atomic mass is 10.1. The molecule has 31 heavy (non-hydrogen) atoms.